The standard InChI is InChI=1S/C15H18N2O3/c1-20-9-8-17-13-5-3-2-4-11(13)12-10-16(15(18)19)7-6-14(12)17/h2-5H,6-10H2,1H3,(H,18,19). The van der Waals surface area contributed by atoms with Gasteiger partial charge in [-0.2, -0.15) is 0 Å². The molecule has 1 aromatic heterocycles. The molecule has 20 heavy (non-hydrogen) atoms. The molecule has 1 aliphatic heterocycles. The maximum absolute atomic E-state index is 11.2. The second-order valence-electron chi connectivity index (χ2n) is 5.04. The number of ether oxygens (including phenoxy) is 1. The summed E-state index contributed by atoms with van der Waals surface area (Å²) in [5.41, 5.74) is 3.56. The van der Waals surface area contributed by atoms with Crippen molar-refractivity contribution in [3.05, 3.63) is 35.5 Å². The molecule has 0 radical (unpaired) electrons. The van der Waals surface area contributed by atoms with Crippen molar-refractivity contribution < 1.29 is 14.6 Å². The number of benzene rings is 1. The van der Waals surface area contributed by atoms with Crippen molar-refractivity contribution in [1.29, 1.82) is 0 Å². The molecule has 0 unspecified atom stereocenters. The minimum Gasteiger partial charge on any atom is -0.465 e. The lowest BCUT2D eigenvalue weighted by Gasteiger charge is -2.25. The van der Waals surface area contributed by atoms with Gasteiger partial charge >= 0.3 is 6.09 Å². The average Bonchev–Trinajstić information content (AvgIpc) is 2.78. The zero-order chi connectivity index (χ0) is 14.1. The predicted octanol–water partition coefficient (Wildman–Crippen LogP) is 2.32. The number of rotatable bonds is 3. The van der Waals surface area contributed by atoms with Gasteiger partial charge < -0.3 is 19.3 Å². The summed E-state index contributed by atoms with van der Waals surface area (Å²) < 4.78 is 7.46. The number of methoxy groups -OCH3 is 1. The molecule has 0 fully saturated rings. The Morgan fingerprint density at radius 2 is 2.20 bits per heavy atom. The summed E-state index contributed by atoms with van der Waals surface area (Å²) in [6.07, 6.45) is -0.0793. The third-order valence-electron chi connectivity index (χ3n) is 3.95. The average molecular weight is 274 g/mol. The SMILES string of the molecule is COCCn1c2c(c3ccccc31)CN(C(=O)O)CC2. The second-order valence-corrected chi connectivity index (χ2v) is 5.04. The molecular weight excluding hydrogens is 256 g/mol. The molecule has 5 heteroatoms. The quantitative estimate of drug-likeness (QED) is 0.934. The fourth-order valence-corrected chi connectivity index (χ4v) is 3.00. The first-order valence-electron chi connectivity index (χ1n) is 6.78. The highest BCUT2D eigenvalue weighted by Gasteiger charge is 2.25. The van der Waals surface area contributed by atoms with Gasteiger partial charge in [0.25, 0.3) is 0 Å². The van der Waals surface area contributed by atoms with E-state index in [-0.39, 0.29) is 0 Å². The van der Waals surface area contributed by atoms with Gasteiger partial charge in [-0.25, -0.2) is 4.79 Å². The Kier molecular flexibility index (Phi) is 3.36. The zero-order valence-electron chi connectivity index (χ0n) is 11.5. The minimum atomic E-state index is -0.843. The monoisotopic (exact) mass is 274 g/mol. The van der Waals surface area contributed by atoms with Crippen LogP contribution in [0.5, 0.6) is 0 Å². The van der Waals surface area contributed by atoms with Crippen molar-refractivity contribution in [2.75, 3.05) is 20.3 Å². The van der Waals surface area contributed by atoms with E-state index in [0.29, 0.717) is 19.7 Å². The highest BCUT2D eigenvalue weighted by molar-refractivity contribution is 5.86. The van der Waals surface area contributed by atoms with Crippen LogP contribution in [0.25, 0.3) is 10.9 Å². The highest BCUT2D eigenvalue weighted by Crippen LogP contribution is 2.30. The molecule has 1 aromatic carbocycles. The first kappa shape index (κ1) is 13.0. The van der Waals surface area contributed by atoms with E-state index in [9.17, 15) is 9.90 Å². The van der Waals surface area contributed by atoms with Crippen LogP contribution in [0.3, 0.4) is 0 Å². The van der Waals surface area contributed by atoms with Crippen molar-refractivity contribution in [3.8, 4) is 0 Å². The topological polar surface area (TPSA) is 54.7 Å². The van der Waals surface area contributed by atoms with Crippen molar-refractivity contribution in [1.82, 2.24) is 9.47 Å². The Morgan fingerprint density at radius 3 is 2.95 bits per heavy atom. The zero-order valence-corrected chi connectivity index (χ0v) is 11.5. The van der Waals surface area contributed by atoms with Crippen LogP contribution in [0.2, 0.25) is 0 Å². The fraction of sp³-hybridized carbons (Fsp3) is 0.400. The number of carbonyl (C=O) groups is 1. The maximum Gasteiger partial charge on any atom is 0.407 e. The Balaban J connectivity index is 2.09. The largest absolute Gasteiger partial charge is 0.465 e. The van der Waals surface area contributed by atoms with Crippen molar-refractivity contribution in [2.45, 2.75) is 19.5 Å². The van der Waals surface area contributed by atoms with Gasteiger partial charge in [0.2, 0.25) is 0 Å². The number of nitrogens with zero attached hydrogens (tertiary/aromatic N) is 2. The van der Waals surface area contributed by atoms with Gasteiger partial charge in [-0.3, -0.25) is 0 Å². The van der Waals surface area contributed by atoms with Crippen molar-refractivity contribution >= 4 is 17.0 Å². The summed E-state index contributed by atoms with van der Waals surface area (Å²) in [7, 11) is 1.70. The Bertz CT molecular complexity index is 648. The Hall–Kier alpha value is -2.01. The van der Waals surface area contributed by atoms with Crippen LogP contribution in [0.1, 0.15) is 11.3 Å². The van der Waals surface area contributed by atoms with E-state index in [2.05, 4.69) is 16.7 Å². The van der Waals surface area contributed by atoms with Gasteiger partial charge in [-0.05, 0) is 6.07 Å². The molecule has 2 aromatic rings. The van der Waals surface area contributed by atoms with Gasteiger partial charge in [0.05, 0.1) is 13.2 Å². The molecule has 5 nitrogen and oxygen atoms in total. The molecular formula is C15H18N2O3. The number of para-hydroxylation sites is 1. The molecule has 1 N–H and O–H groups in total. The third kappa shape index (κ3) is 2.04. The summed E-state index contributed by atoms with van der Waals surface area (Å²) in [4.78, 5) is 12.7. The fourth-order valence-electron chi connectivity index (χ4n) is 3.00. The molecule has 2 heterocycles. The highest BCUT2D eigenvalue weighted by atomic mass is 16.5. The smallest absolute Gasteiger partial charge is 0.407 e. The van der Waals surface area contributed by atoms with E-state index in [1.54, 1.807) is 7.11 Å². The molecule has 106 valence electrons. The van der Waals surface area contributed by atoms with Crippen LogP contribution in [-0.2, 0) is 24.2 Å². The second kappa shape index (κ2) is 5.17. The molecule has 0 bridgehead atoms. The minimum absolute atomic E-state index is 0.477. The lowest BCUT2D eigenvalue weighted by atomic mass is 10.0. The van der Waals surface area contributed by atoms with Crippen molar-refractivity contribution in [3.63, 3.8) is 0 Å². The Morgan fingerprint density at radius 1 is 1.40 bits per heavy atom. The van der Waals surface area contributed by atoms with Crippen LogP contribution >= 0.6 is 0 Å². The number of amides is 1. The van der Waals surface area contributed by atoms with Crippen molar-refractivity contribution in [2.24, 2.45) is 0 Å². The van der Waals surface area contributed by atoms with Crippen LogP contribution < -0.4 is 0 Å². The van der Waals surface area contributed by atoms with Crippen LogP contribution in [-0.4, -0.2) is 40.9 Å². The first-order valence-corrected chi connectivity index (χ1v) is 6.78. The molecule has 0 spiro atoms. The van der Waals surface area contributed by atoms with E-state index in [1.165, 1.54) is 16.1 Å². The van der Waals surface area contributed by atoms with Gasteiger partial charge in [0.1, 0.15) is 0 Å². The van der Waals surface area contributed by atoms with Crippen LogP contribution in [0.4, 0.5) is 4.79 Å². The lowest BCUT2D eigenvalue weighted by molar-refractivity contribution is 0.139. The number of carboxylic acid groups (broad SMARTS) is 1. The number of hydrogen-bond donors (Lipinski definition) is 1. The predicted molar refractivity (Wildman–Crippen MR) is 76.0 cm³/mol. The van der Waals surface area contributed by atoms with Crippen LogP contribution in [0, 0.1) is 0 Å². The third-order valence-corrected chi connectivity index (χ3v) is 3.95. The van der Waals surface area contributed by atoms with Gasteiger partial charge in [-0.15, -0.1) is 0 Å². The summed E-state index contributed by atoms with van der Waals surface area (Å²) in [6, 6.07) is 8.19. The molecule has 0 atom stereocenters. The summed E-state index contributed by atoms with van der Waals surface area (Å²) in [5, 5.41) is 10.3. The first-order chi connectivity index (χ1) is 9.72. The van der Waals surface area contributed by atoms with E-state index in [1.807, 2.05) is 12.1 Å². The van der Waals surface area contributed by atoms with Gasteiger partial charge in [0, 0.05) is 48.8 Å². The van der Waals surface area contributed by atoms with E-state index >= 15 is 0 Å². The van der Waals surface area contributed by atoms with E-state index in [0.717, 1.165) is 23.9 Å². The normalized spacial score (nSPS) is 14.6. The van der Waals surface area contributed by atoms with E-state index < -0.39 is 6.09 Å². The summed E-state index contributed by atoms with van der Waals surface area (Å²) >= 11 is 0. The number of fused-ring (bicyclic) bond motifs is 3. The molecule has 0 saturated heterocycles. The van der Waals surface area contributed by atoms with Gasteiger partial charge in [-0.1, -0.05) is 18.2 Å². The molecule has 0 saturated carbocycles. The van der Waals surface area contributed by atoms with Crippen LogP contribution in [0.15, 0.2) is 24.3 Å². The maximum atomic E-state index is 11.2. The molecule has 0 aliphatic carbocycles. The lowest BCUT2D eigenvalue weighted by Crippen LogP contribution is -2.35. The number of aromatic nitrogens is 1. The molecule has 1 aliphatic rings. The molecule has 1 amide bonds. The van der Waals surface area contributed by atoms with Gasteiger partial charge in [0.15, 0.2) is 0 Å². The number of hydrogen-bond acceptors (Lipinski definition) is 2. The Labute approximate surface area is 117 Å². The molecule has 3 rings (SSSR count). The summed E-state index contributed by atoms with van der Waals surface area (Å²) in [6.45, 7) is 2.50. The van der Waals surface area contributed by atoms with E-state index in [4.69, 9.17) is 4.74 Å². The summed E-state index contributed by atoms with van der Waals surface area (Å²) in [5.74, 6) is 0.